The predicted octanol–water partition coefficient (Wildman–Crippen LogP) is 13.4. The summed E-state index contributed by atoms with van der Waals surface area (Å²) in [6, 6.07) is 39.5. The van der Waals surface area contributed by atoms with Gasteiger partial charge in [0.2, 0.25) is 11.4 Å². The van der Waals surface area contributed by atoms with E-state index in [0.717, 1.165) is 16.5 Å². The number of halogens is 2. The van der Waals surface area contributed by atoms with Crippen LogP contribution in [-0.4, -0.2) is 20.5 Å². The topological polar surface area (TPSA) is 36.7 Å². The quantitative estimate of drug-likeness (QED) is 0.157. The van der Waals surface area contributed by atoms with Gasteiger partial charge in [0.15, 0.2) is 0 Å². The second kappa shape index (κ2) is 13.8. The van der Waals surface area contributed by atoms with Crippen LogP contribution in [0.1, 0.15) is 83.1 Å². The van der Waals surface area contributed by atoms with Gasteiger partial charge < -0.3 is 0 Å². The average Bonchev–Trinajstić information content (AvgIpc) is 3.81. The van der Waals surface area contributed by atoms with Gasteiger partial charge in [0.25, 0.3) is 17.3 Å². The fraction of sp³-hybridized carbons (Fsp3) is 0.212. The van der Waals surface area contributed by atoms with E-state index in [1.807, 2.05) is 79.9 Å². The number of para-hydroxylation sites is 3. The summed E-state index contributed by atoms with van der Waals surface area (Å²) in [5.74, 6) is -2.89. The van der Waals surface area contributed by atoms with Crippen molar-refractivity contribution < 1.29 is 17.0 Å². The van der Waals surface area contributed by atoms with Crippen molar-refractivity contribution in [2.75, 3.05) is 0 Å². The second-order valence-corrected chi connectivity index (χ2v) is 17.2. The van der Waals surface area contributed by atoms with E-state index in [2.05, 4.69) is 31.8 Å². The van der Waals surface area contributed by atoms with Crippen LogP contribution in [-0.2, 0) is 16.8 Å². The van der Waals surface area contributed by atoms with Crippen LogP contribution >= 0.6 is 0 Å². The highest BCUT2D eigenvalue weighted by Crippen LogP contribution is 2.45. The van der Waals surface area contributed by atoms with Gasteiger partial charge in [-0.05, 0) is 104 Å². The van der Waals surface area contributed by atoms with Gasteiger partial charge in [-0.3, -0.25) is 9.55 Å². The molecule has 0 aliphatic carbocycles. The maximum absolute atomic E-state index is 17.6. The number of hydrogen-bond acceptors (Lipinski definition) is 2. The van der Waals surface area contributed by atoms with E-state index in [0.29, 0.717) is 50.7 Å². The van der Waals surface area contributed by atoms with Crippen LogP contribution < -0.4 is 9.15 Å². The first-order valence-corrected chi connectivity index (χ1v) is 19.6. The molecule has 0 saturated heterocycles. The zero-order valence-corrected chi connectivity index (χ0v) is 33.8. The number of pyridine rings is 2. The van der Waals surface area contributed by atoms with Crippen molar-refractivity contribution in [2.24, 2.45) is 0 Å². The molecule has 0 N–H and O–H groups in total. The van der Waals surface area contributed by atoms with E-state index >= 15 is 8.78 Å². The van der Waals surface area contributed by atoms with Crippen molar-refractivity contribution in [2.45, 2.75) is 72.0 Å². The van der Waals surface area contributed by atoms with Crippen molar-refractivity contribution >= 4 is 50.7 Å². The molecule has 0 bridgehead atoms. The minimum absolute atomic E-state index is 0.0852. The van der Waals surface area contributed by atoms with Crippen molar-refractivity contribution in [1.82, 2.24) is 23.7 Å². The molecule has 0 unspecified atom stereocenters. The van der Waals surface area contributed by atoms with Crippen molar-refractivity contribution in [3.05, 3.63) is 173 Å². The molecule has 0 saturated carbocycles. The van der Waals surface area contributed by atoms with Crippen molar-refractivity contribution in [3.63, 3.8) is 0 Å². The molecule has 5 aromatic carbocycles. The fourth-order valence-corrected chi connectivity index (χ4v) is 7.96. The monoisotopic (exact) mass is 785 g/mol. The van der Waals surface area contributed by atoms with Gasteiger partial charge in [-0.25, -0.2) is 4.98 Å². The normalized spacial score (nSPS) is 15.1. The Morgan fingerprint density at radius 3 is 1.97 bits per heavy atom. The third-order valence-electron chi connectivity index (χ3n) is 11.2. The van der Waals surface area contributed by atoms with Crippen LogP contribution in [0.15, 0.2) is 140 Å². The van der Waals surface area contributed by atoms with Crippen molar-refractivity contribution in [3.8, 4) is 16.9 Å². The lowest BCUT2D eigenvalue weighted by molar-refractivity contribution is 0.0428. The number of benzene rings is 5. The lowest BCUT2D eigenvalue weighted by Gasteiger charge is -2.23. The van der Waals surface area contributed by atoms with Gasteiger partial charge in [0.1, 0.15) is 5.82 Å². The van der Waals surface area contributed by atoms with E-state index in [1.54, 1.807) is 64.0 Å². The molecule has 9 rings (SSSR count). The first kappa shape index (κ1) is 31.4. The third kappa shape index (κ3) is 6.47. The van der Waals surface area contributed by atoms with Crippen LogP contribution in [0, 0.1) is 13.7 Å². The zero-order chi connectivity index (χ0) is 46.4. The molecule has 1 aliphatic heterocycles. The zero-order valence-electron chi connectivity index (χ0n) is 39.8. The van der Waals surface area contributed by atoms with Crippen LogP contribution in [0.5, 0.6) is 0 Å². The Balaban J connectivity index is 1.25. The third-order valence-corrected chi connectivity index (χ3v) is 11.2. The van der Waals surface area contributed by atoms with Gasteiger partial charge in [0.05, 0.1) is 22.1 Å². The molecule has 292 valence electrons. The van der Waals surface area contributed by atoms with Gasteiger partial charge in [-0.1, -0.05) is 96.1 Å². The SMILES string of the molecule is [2H]C([2H])([2H])c1cccc(C([2H])([2H])[2H])c1-c1ccccc1[N+]1=C=[N+](c2cc(C(C)(C)C)cc(C(F)(F)c3ccc4c5ncccc5n(-c5cc(C(C)(C)C)ccn5)c4c3)c2)c2ccccc21. The van der Waals surface area contributed by atoms with Gasteiger partial charge in [-0.2, -0.15) is 8.78 Å². The summed E-state index contributed by atoms with van der Waals surface area (Å²) in [6.07, 6.45) is 3.44. The first-order chi connectivity index (χ1) is 30.5. The Bertz CT molecular complexity index is 3260. The summed E-state index contributed by atoms with van der Waals surface area (Å²) in [4.78, 5) is 9.39. The van der Waals surface area contributed by atoms with Crippen LogP contribution in [0.2, 0.25) is 0 Å². The standard InChI is InChI=1S/C52H47F2N5/c1-33-15-13-16-34(2)48(33)40-17-9-10-18-42(40)58-32-57(43-19-11-12-20-44(43)58)39-28-37(51(6,7)8)27-38(29-39)52(53,54)36-22-23-41-46(30-36)59(45-21-14-25-56-49(41)45)47-31-35(24-26-55-47)50(3,4)5/h9-31H,1-8H3/q+2/i1D3,2D3. The highest BCUT2D eigenvalue weighted by molar-refractivity contribution is 6.07. The maximum Gasteiger partial charge on any atom is 0.503 e. The molecule has 8 aromatic rings. The molecule has 1 aliphatic rings. The van der Waals surface area contributed by atoms with Crippen LogP contribution in [0.4, 0.5) is 31.5 Å². The van der Waals surface area contributed by atoms with E-state index in [-0.39, 0.29) is 33.2 Å². The molecule has 0 atom stereocenters. The summed E-state index contributed by atoms with van der Waals surface area (Å²) < 4.78 is 91.0. The molecule has 0 fully saturated rings. The molecule has 59 heavy (non-hydrogen) atoms. The Hall–Kier alpha value is -6.56. The Labute approximate surface area is 352 Å². The van der Waals surface area contributed by atoms with Crippen LogP contribution in [0.3, 0.4) is 0 Å². The lowest BCUT2D eigenvalue weighted by atomic mass is 9.84. The molecule has 0 amide bonds. The molecule has 0 radical (unpaired) electrons. The maximum atomic E-state index is 17.6. The highest BCUT2D eigenvalue weighted by atomic mass is 19.3. The molecule has 4 heterocycles. The fourth-order valence-electron chi connectivity index (χ4n) is 7.96. The minimum Gasteiger partial charge on any atom is -0.292 e. The molecular weight excluding hydrogens is 733 g/mol. The number of hydrogen-bond donors (Lipinski definition) is 0. The molecule has 5 nitrogen and oxygen atoms in total. The molecule has 3 aromatic heterocycles. The summed E-state index contributed by atoms with van der Waals surface area (Å²) in [5.41, 5.74) is 4.94. The van der Waals surface area contributed by atoms with E-state index in [1.165, 1.54) is 30.3 Å². The molecule has 0 spiro atoms. The lowest BCUT2D eigenvalue weighted by Crippen LogP contribution is -2.19. The van der Waals surface area contributed by atoms with Crippen molar-refractivity contribution in [1.29, 1.82) is 0 Å². The molecule has 7 heteroatoms. The minimum atomic E-state index is -3.49. The number of aromatic nitrogens is 3. The number of aryl methyl sites for hydroxylation is 2. The summed E-state index contributed by atoms with van der Waals surface area (Å²) in [7, 11) is 0. The van der Waals surface area contributed by atoms with E-state index < -0.39 is 25.0 Å². The number of nitrogens with zero attached hydrogens (tertiary/aromatic N) is 5. The smallest absolute Gasteiger partial charge is 0.292 e. The number of fused-ring (bicyclic) bond motifs is 4. The van der Waals surface area contributed by atoms with Crippen LogP contribution in [0.25, 0.3) is 38.9 Å². The molecular formula is C52H47F2N5+2. The Morgan fingerprint density at radius 2 is 1.25 bits per heavy atom. The van der Waals surface area contributed by atoms with Gasteiger partial charge >= 0.3 is 6.01 Å². The summed E-state index contributed by atoms with van der Waals surface area (Å²) >= 11 is 0. The number of alkyl halides is 2. The van der Waals surface area contributed by atoms with Gasteiger partial charge in [0, 0.05) is 67.5 Å². The largest absolute Gasteiger partial charge is 0.503 e. The average molecular weight is 786 g/mol. The van der Waals surface area contributed by atoms with E-state index in [9.17, 15) is 0 Å². The van der Waals surface area contributed by atoms with Gasteiger partial charge in [-0.15, -0.1) is 0 Å². The summed E-state index contributed by atoms with van der Waals surface area (Å²) in [5, 5.41) is 0.720. The number of rotatable bonds is 6. The first-order valence-electron chi connectivity index (χ1n) is 22.6. The van der Waals surface area contributed by atoms with E-state index in [4.69, 9.17) is 13.2 Å². The second-order valence-electron chi connectivity index (χ2n) is 17.2. The Kier molecular flexibility index (Phi) is 7.34. The predicted molar refractivity (Wildman–Crippen MR) is 239 cm³/mol. The Morgan fingerprint density at radius 1 is 0.576 bits per heavy atom. The highest BCUT2D eigenvalue weighted by Gasteiger charge is 2.41. The summed E-state index contributed by atoms with van der Waals surface area (Å²) in [6.45, 7) is 7.01.